The Morgan fingerprint density at radius 1 is 1.07 bits per heavy atom. The highest BCUT2D eigenvalue weighted by molar-refractivity contribution is 9.10. The first-order valence-electron chi connectivity index (χ1n) is 15.0. The fraction of sp³-hybridized carbons (Fsp3) is 0.516. The maximum absolute atomic E-state index is 14.4. The van der Waals surface area contributed by atoms with Crippen LogP contribution < -0.4 is 26.4 Å². The molecule has 1 aliphatic carbocycles. The molecule has 3 fully saturated rings. The molecule has 0 bridgehead atoms. The predicted octanol–water partition coefficient (Wildman–Crippen LogP) is 5.48. The van der Waals surface area contributed by atoms with E-state index >= 15 is 0 Å². The number of piperazine rings is 1. The minimum absolute atomic E-state index is 0. The van der Waals surface area contributed by atoms with Gasteiger partial charge in [0.1, 0.15) is 23.0 Å². The molecule has 2 saturated heterocycles. The molecule has 0 radical (unpaired) electrons. The smallest absolute Gasteiger partial charge is 0.253 e. The van der Waals surface area contributed by atoms with E-state index in [2.05, 4.69) is 48.2 Å². The summed E-state index contributed by atoms with van der Waals surface area (Å²) >= 11 is 10.1. The van der Waals surface area contributed by atoms with E-state index in [0.29, 0.717) is 47.6 Å². The molecule has 3 heterocycles. The second-order valence-electron chi connectivity index (χ2n) is 11.8. The highest BCUT2D eigenvalue weighted by Gasteiger charge is 2.34. The van der Waals surface area contributed by atoms with E-state index in [-0.39, 0.29) is 8.67 Å². The Hall–Kier alpha value is -2.53. The molecule has 6 rings (SSSR count). The van der Waals surface area contributed by atoms with E-state index in [1.165, 1.54) is 0 Å². The summed E-state index contributed by atoms with van der Waals surface area (Å²) in [6.07, 6.45) is 7.06. The molecule has 1 aromatic heterocycles. The topological polar surface area (TPSA) is 80.8 Å². The molecule has 3 aliphatic rings. The maximum atomic E-state index is 14.4. The fourth-order valence-electron chi connectivity index (χ4n) is 6.33. The number of likely N-dealkylation sites (tertiary alicyclic amines) is 1. The Morgan fingerprint density at radius 2 is 1.83 bits per heavy atom. The van der Waals surface area contributed by atoms with Gasteiger partial charge in [-0.2, -0.15) is 0 Å². The molecular weight excluding hydrogens is 623 g/mol. The van der Waals surface area contributed by atoms with Gasteiger partial charge >= 0.3 is 0 Å². The lowest BCUT2D eigenvalue weighted by Crippen LogP contribution is -2.58. The fourth-order valence-corrected chi connectivity index (χ4v) is 6.97. The third-order valence-electron chi connectivity index (χ3n) is 8.92. The zero-order valence-corrected chi connectivity index (χ0v) is 26.2. The van der Waals surface area contributed by atoms with Gasteiger partial charge in [-0.1, -0.05) is 40.5 Å². The Kier molecular flexibility index (Phi) is 8.86. The molecular formula is C31H41BrClFN6O2. The number of aromatic nitrogens is 1. The van der Waals surface area contributed by atoms with Crippen molar-refractivity contribution in [3.05, 3.63) is 77.3 Å². The number of hydrogen-bond donors (Lipinski definition) is 2. The highest BCUT2D eigenvalue weighted by Crippen LogP contribution is 2.31. The minimum atomic E-state index is -0.471. The first-order chi connectivity index (χ1) is 20.3. The van der Waals surface area contributed by atoms with Gasteiger partial charge in [0.2, 0.25) is 0 Å². The van der Waals surface area contributed by atoms with Crippen molar-refractivity contribution in [3.8, 4) is 0 Å². The minimum Gasteiger partial charge on any atom is -0.377 e. The first kappa shape index (κ1) is 29.5. The van der Waals surface area contributed by atoms with Crippen LogP contribution in [0.15, 0.2) is 44.5 Å². The molecule has 3 aromatic rings. The van der Waals surface area contributed by atoms with Gasteiger partial charge in [-0.05, 0) is 69.0 Å². The summed E-state index contributed by atoms with van der Waals surface area (Å²) in [4.78, 5) is 36.0. The van der Waals surface area contributed by atoms with Gasteiger partial charge in [-0.15, -0.1) is 0 Å². The normalized spacial score (nSPS) is 20.8. The summed E-state index contributed by atoms with van der Waals surface area (Å²) < 4.78 is 15.1. The summed E-state index contributed by atoms with van der Waals surface area (Å²) in [6.45, 7) is 7.86. The molecule has 0 unspecified atom stereocenters. The van der Waals surface area contributed by atoms with Crippen LogP contribution in [-0.4, -0.2) is 65.6 Å². The van der Waals surface area contributed by atoms with E-state index < -0.39 is 10.9 Å². The lowest BCUT2D eigenvalue weighted by molar-refractivity contribution is 0.0607. The van der Waals surface area contributed by atoms with Gasteiger partial charge in [-0.25, -0.2) is 9.37 Å². The van der Waals surface area contributed by atoms with Crippen molar-refractivity contribution in [2.75, 3.05) is 48.3 Å². The molecule has 0 spiro atoms. The monoisotopic (exact) mass is 662 g/mol. The average molecular weight is 664 g/mol. The van der Waals surface area contributed by atoms with Crippen molar-refractivity contribution in [1.82, 2.24) is 14.8 Å². The molecule has 2 N–H and O–H groups in total. The molecule has 2 aromatic carbocycles. The Morgan fingerprint density at radius 3 is 2.52 bits per heavy atom. The zero-order chi connectivity index (χ0) is 29.4. The molecule has 1 saturated carbocycles. The number of halogens is 3. The summed E-state index contributed by atoms with van der Waals surface area (Å²) in [5.41, 5.74) is 1.46. The standard InChI is InChI=1S/C31H37BrClFN6O2.2H2/c1-2-23-18-39(11-12-40(23)24-7-9-38(10-8-24)17-20-3-4-21(32)14-26(20)34)31-25(33)13-19(16-36-31)15-35-27-28(30(42)29(27)41)37-22-5-6-22;;/h3-4,13-14,16,22-24,35,37H,2,5-12,15,17-18H2,1H3;2*1H/t23-;;/m0../s1. The van der Waals surface area contributed by atoms with Gasteiger partial charge in [-0.3, -0.25) is 19.4 Å². The zero-order valence-electron chi connectivity index (χ0n) is 23.8. The van der Waals surface area contributed by atoms with Crippen LogP contribution in [0.3, 0.4) is 0 Å². The van der Waals surface area contributed by atoms with E-state index in [0.717, 1.165) is 86.2 Å². The second-order valence-corrected chi connectivity index (χ2v) is 13.1. The Bertz CT molecular complexity index is 1510. The van der Waals surface area contributed by atoms with Crippen LogP contribution in [0.1, 0.15) is 53.0 Å². The summed E-state index contributed by atoms with van der Waals surface area (Å²) in [5, 5.41) is 6.85. The van der Waals surface area contributed by atoms with Crippen LogP contribution in [-0.2, 0) is 13.1 Å². The maximum Gasteiger partial charge on any atom is 0.253 e. The van der Waals surface area contributed by atoms with Gasteiger partial charge in [0.25, 0.3) is 10.9 Å². The van der Waals surface area contributed by atoms with Crippen molar-refractivity contribution in [2.45, 2.75) is 70.2 Å². The SMILES string of the molecule is CC[C@H]1CN(c2ncc(CNc3c(NC4CC4)c(=O)c3=O)cc2Cl)CCN1C1CCN(Cc2ccc(Br)cc2F)CC1.[HH].[HH]. The number of rotatable bonds is 10. The molecule has 11 heteroatoms. The number of benzene rings is 1. The molecule has 228 valence electrons. The Balaban J connectivity index is 0.00000221. The summed E-state index contributed by atoms with van der Waals surface area (Å²) in [5.74, 6) is 0.637. The van der Waals surface area contributed by atoms with Gasteiger partial charge in [0.15, 0.2) is 0 Å². The summed E-state index contributed by atoms with van der Waals surface area (Å²) in [6, 6.07) is 8.45. The van der Waals surface area contributed by atoms with Crippen LogP contribution in [0.25, 0.3) is 0 Å². The van der Waals surface area contributed by atoms with Gasteiger partial charge in [0, 0.05) is 69.9 Å². The molecule has 42 heavy (non-hydrogen) atoms. The molecule has 8 nitrogen and oxygen atoms in total. The largest absolute Gasteiger partial charge is 0.377 e. The molecule has 2 aliphatic heterocycles. The molecule has 1 atom stereocenters. The number of hydrogen-bond acceptors (Lipinski definition) is 8. The number of piperidine rings is 1. The van der Waals surface area contributed by atoms with Crippen molar-refractivity contribution in [1.29, 1.82) is 0 Å². The van der Waals surface area contributed by atoms with Crippen molar-refractivity contribution < 1.29 is 7.24 Å². The lowest BCUT2D eigenvalue weighted by atomic mass is 9.97. The number of nitrogens with zero attached hydrogens (tertiary/aromatic N) is 4. The van der Waals surface area contributed by atoms with E-state index in [9.17, 15) is 14.0 Å². The van der Waals surface area contributed by atoms with Gasteiger partial charge in [0.05, 0.1) is 5.02 Å². The summed E-state index contributed by atoms with van der Waals surface area (Å²) in [7, 11) is 0. The van der Waals surface area contributed by atoms with Crippen LogP contribution in [0, 0.1) is 5.82 Å². The lowest BCUT2D eigenvalue weighted by Gasteiger charge is -2.47. The van der Waals surface area contributed by atoms with E-state index in [1.807, 2.05) is 18.2 Å². The van der Waals surface area contributed by atoms with Crippen LogP contribution in [0.5, 0.6) is 0 Å². The van der Waals surface area contributed by atoms with E-state index in [1.54, 1.807) is 12.3 Å². The average Bonchev–Trinajstić information content (AvgIpc) is 3.82. The first-order valence-corrected chi connectivity index (χ1v) is 16.1. The third-order valence-corrected chi connectivity index (χ3v) is 9.69. The van der Waals surface area contributed by atoms with Crippen LogP contribution in [0.4, 0.5) is 21.6 Å². The Labute approximate surface area is 262 Å². The third kappa shape index (κ3) is 6.37. The van der Waals surface area contributed by atoms with Crippen molar-refractivity contribution in [3.63, 3.8) is 0 Å². The van der Waals surface area contributed by atoms with Crippen LogP contribution >= 0.6 is 27.5 Å². The van der Waals surface area contributed by atoms with E-state index in [4.69, 9.17) is 16.6 Å². The quantitative estimate of drug-likeness (QED) is 0.277. The molecule has 0 amide bonds. The van der Waals surface area contributed by atoms with Crippen molar-refractivity contribution in [2.24, 2.45) is 0 Å². The van der Waals surface area contributed by atoms with Crippen LogP contribution in [0.2, 0.25) is 5.02 Å². The number of pyridine rings is 1. The van der Waals surface area contributed by atoms with Gasteiger partial charge < -0.3 is 15.5 Å². The number of anilines is 3. The second kappa shape index (κ2) is 12.6. The highest BCUT2D eigenvalue weighted by atomic mass is 79.9. The van der Waals surface area contributed by atoms with Crippen molar-refractivity contribution >= 4 is 44.7 Å². The number of nitrogens with one attached hydrogen (secondary N) is 2. The predicted molar refractivity (Wildman–Crippen MR) is 174 cm³/mol.